The van der Waals surface area contributed by atoms with Crippen molar-refractivity contribution in [2.75, 3.05) is 22.3 Å². The summed E-state index contributed by atoms with van der Waals surface area (Å²) in [6.45, 7) is 6.00. The Morgan fingerprint density at radius 1 is 1.26 bits per heavy atom. The molecule has 1 aliphatic rings. The van der Waals surface area contributed by atoms with Crippen LogP contribution in [0.3, 0.4) is 0 Å². The van der Waals surface area contributed by atoms with Crippen molar-refractivity contribution in [2.45, 2.75) is 39.2 Å². The molecule has 2 aromatic heterocycles. The molecule has 0 radical (unpaired) electrons. The molecule has 4 rings (SSSR count). The van der Waals surface area contributed by atoms with Crippen molar-refractivity contribution in [1.29, 1.82) is 0 Å². The third kappa shape index (κ3) is 5.53. The van der Waals surface area contributed by atoms with Gasteiger partial charge < -0.3 is 15.5 Å². The fourth-order valence-corrected chi connectivity index (χ4v) is 4.21. The molecule has 1 aliphatic carbocycles. The Kier molecular flexibility index (Phi) is 6.59. The maximum Gasteiger partial charge on any atom is 0.251 e. The molecule has 1 saturated carbocycles. The third-order valence-electron chi connectivity index (χ3n) is 5.97. The number of anilines is 2. The molecule has 0 aliphatic heterocycles. The van der Waals surface area contributed by atoms with Crippen LogP contribution in [-0.4, -0.2) is 35.9 Å². The Hall–Kier alpha value is -3.05. The van der Waals surface area contributed by atoms with Gasteiger partial charge in [-0.05, 0) is 50.2 Å². The van der Waals surface area contributed by atoms with Crippen molar-refractivity contribution in [3.8, 4) is 11.5 Å². The lowest BCUT2D eigenvalue weighted by molar-refractivity contribution is 0.355. The van der Waals surface area contributed by atoms with Crippen molar-refractivity contribution in [1.82, 2.24) is 15.2 Å². The Morgan fingerprint density at radius 2 is 1.97 bits per heavy atom. The van der Waals surface area contributed by atoms with Crippen molar-refractivity contribution in [2.24, 2.45) is 17.6 Å². The predicted octanol–water partition coefficient (Wildman–Crippen LogP) is 3.52. The molecule has 11 heteroatoms. The van der Waals surface area contributed by atoms with Crippen molar-refractivity contribution < 1.29 is 17.2 Å². The second kappa shape index (κ2) is 9.30. The van der Waals surface area contributed by atoms with Gasteiger partial charge in [0.25, 0.3) is 5.89 Å². The normalized spacial score (nSPS) is 19.4. The first-order valence-electron chi connectivity index (χ1n) is 11.2. The zero-order valence-electron chi connectivity index (χ0n) is 19.4. The Labute approximate surface area is 198 Å². The van der Waals surface area contributed by atoms with E-state index in [1.165, 1.54) is 13.0 Å². The number of pyridine rings is 1. The molecule has 34 heavy (non-hydrogen) atoms. The lowest BCUT2D eigenvalue weighted by atomic mass is 9.94. The number of hydrogen-bond acceptors (Lipinski definition) is 8. The molecule has 0 bridgehead atoms. The van der Waals surface area contributed by atoms with E-state index < -0.39 is 27.2 Å². The summed E-state index contributed by atoms with van der Waals surface area (Å²) >= 11 is 0. The summed E-state index contributed by atoms with van der Waals surface area (Å²) in [5.41, 5.74) is 6.38. The van der Waals surface area contributed by atoms with E-state index in [1.54, 1.807) is 6.92 Å². The number of sulfonamides is 1. The van der Waals surface area contributed by atoms with Crippen molar-refractivity contribution in [3.05, 3.63) is 53.7 Å². The number of aromatic nitrogens is 3. The van der Waals surface area contributed by atoms with Crippen LogP contribution in [0.5, 0.6) is 0 Å². The van der Waals surface area contributed by atoms with Gasteiger partial charge in [-0.1, -0.05) is 37.3 Å². The first kappa shape index (κ1) is 24.1. The van der Waals surface area contributed by atoms with Gasteiger partial charge in [0.1, 0.15) is 5.82 Å². The fraction of sp³-hybridized carbons (Fsp3) is 0.435. The molecule has 1 aromatic carbocycles. The van der Waals surface area contributed by atoms with Crippen LogP contribution in [0.1, 0.15) is 38.6 Å². The van der Waals surface area contributed by atoms with E-state index in [2.05, 4.69) is 32.1 Å². The molecular weight excluding hydrogens is 459 g/mol. The van der Waals surface area contributed by atoms with Crippen LogP contribution < -0.4 is 15.8 Å². The van der Waals surface area contributed by atoms with Crippen molar-refractivity contribution >= 4 is 21.7 Å². The summed E-state index contributed by atoms with van der Waals surface area (Å²) in [4.78, 5) is 4.14. The molecule has 0 amide bonds. The summed E-state index contributed by atoms with van der Waals surface area (Å²) in [6.07, 6.45) is 1.53. The van der Waals surface area contributed by atoms with Crippen LogP contribution in [0.15, 0.2) is 40.8 Å². The summed E-state index contributed by atoms with van der Waals surface area (Å²) in [7, 11) is -3.76. The predicted molar refractivity (Wildman–Crippen MR) is 128 cm³/mol. The van der Waals surface area contributed by atoms with E-state index in [0.29, 0.717) is 30.6 Å². The number of hydrogen-bond donors (Lipinski definition) is 3. The largest absolute Gasteiger partial charge is 0.419 e. The highest BCUT2D eigenvalue weighted by atomic mass is 32.2. The highest BCUT2D eigenvalue weighted by molar-refractivity contribution is 7.92. The Bertz CT molecular complexity index is 1260. The first-order chi connectivity index (χ1) is 16.1. The van der Waals surface area contributed by atoms with Gasteiger partial charge in [0.2, 0.25) is 15.9 Å². The van der Waals surface area contributed by atoms with Gasteiger partial charge in [0.15, 0.2) is 11.6 Å². The number of halogens is 1. The number of nitrogens with two attached hydrogens (primary N) is 1. The van der Waals surface area contributed by atoms with Crippen LogP contribution in [-0.2, 0) is 22.0 Å². The van der Waals surface area contributed by atoms with E-state index in [1.807, 2.05) is 30.3 Å². The molecule has 9 nitrogen and oxygen atoms in total. The zero-order chi connectivity index (χ0) is 24.5. The van der Waals surface area contributed by atoms with Gasteiger partial charge in [0.05, 0.1) is 16.9 Å². The number of rotatable bonds is 10. The topological polar surface area (TPSA) is 136 Å². The molecule has 3 unspecified atom stereocenters. The minimum absolute atomic E-state index is 0.0654. The van der Waals surface area contributed by atoms with Gasteiger partial charge in [-0.3, -0.25) is 4.72 Å². The van der Waals surface area contributed by atoms with Crippen LogP contribution in [0.2, 0.25) is 0 Å². The molecule has 182 valence electrons. The van der Waals surface area contributed by atoms with E-state index in [-0.39, 0.29) is 23.1 Å². The summed E-state index contributed by atoms with van der Waals surface area (Å²) < 4.78 is 47.5. The summed E-state index contributed by atoms with van der Waals surface area (Å²) in [5, 5.41) is 11.2. The molecule has 1 fully saturated rings. The minimum atomic E-state index is -3.76. The monoisotopic (exact) mass is 488 g/mol. The Balaban J connectivity index is 1.66. The highest BCUT2D eigenvalue weighted by Gasteiger charge is 2.33. The summed E-state index contributed by atoms with van der Waals surface area (Å²) in [5.74, 6) is -0.114. The number of benzene rings is 1. The second-order valence-electron chi connectivity index (χ2n) is 9.07. The fourth-order valence-electron chi connectivity index (χ4n) is 3.64. The van der Waals surface area contributed by atoms with E-state index in [4.69, 9.17) is 10.2 Å². The molecule has 0 spiro atoms. The van der Waals surface area contributed by atoms with E-state index in [0.717, 1.165) is 12.0 Å². The molecule has 2 heterocycles. The van der Waals surface area contributed by atoms with Gasteiger partial charge in [-0.15, -0.1) is 10.2 Å². The van der Waals surface area contributed by atoms with Crippen LogP contribution in [0.25, 0.3) is 11.5 Å². The maximum atomic E-state index is 15.4. The molecular formula is C23H29FN6O3S. The lowest BCUT2D eigenvalue weighted by Crippen LogP contribution is -2.35. The maximum absolute atomic E-state index is 15.4. The lowest BCUT2D eigenvalue weighted by Gasteiger charge is -2.20. The SMILES string of the molecule is CCS(=O)(=O)Nc1nc(NCC2CC2C)cc(-c2nnc(C(C)(N)Cc3ccccc3)o2)c1F. The minimum Gasteiger partial charge on any atom is -0.419 e. The highest BCUT2D eigenvalue weighted by Crippen LogP contribution is 2.38. The van der Waals surface area contributed by atoms with Gasteiger partial charge in [-0.25, -0.2) is 17.8 Å². The molecule has 0 saturated heterocycles. The molecule has 3 atom stereocenters. The van der Waals surface area contributed by atoms with E-state index in [9.17, 15) is 8.42 Å². The zero-order valence-corrected chi connectivity index (χ0v) is 20.2. The molecule has 3 aromatic rings. The number of nitrogens with one attached hydrogen (secondary N) is 2. The third-order valence-corrected chi connectivity index (χ3v) is 7.23. The van der Waals surface area contributed by atoms with Crippen LogP contribution >= 0.6 is 0 Å². The quantitative estimate of drug-likeness (QED) is 0.394. The van der Waals surface area contributed by atoms with E-state index >= 15 is 4.39 Å². The van der Waals surface area contributed by atoms with Crippen molar-refractivity contribution in [3.63, 3.8) is 0 Å². The average Bonchev–Trinajstić information content (AvgIpc) is 3.27. The van der Waals surface area contributed by atoms with Crippen LogP contribution in [0, 0.1) is 17.7 Å². The first-order valence-corrected chi connectivity index (χ1v) is 12.8. The smallest absolute Gasteiger partial charge is 0.251 e. The van der Waals surface area contributed by atoms with Gasteiger partial charge >= 0.3 is 0 Å². The average molecular weight is 489 g/mol. The van der Waals surface area contributed by atoms with Gasteiger partial charge in [-0.2, -0.15) is 0 Å². The summed E-state index contributed by atoms with van der Waals surface area (Å²) in [6, 6.07) is 11.0. The van der Waals surface area contributed by atoms with Crippen LogP contribution in [0.4, 0.5) is 16.0 Å². The number of nitrogens with zero attached hydrogens (tertiary/aromatic N) is 3. The standard InChI is InChI=1S/C23H29FN6O3S/c1-4-34(31,32)30-20-19(24)17(11-18(27-20)26-13-16-10-14(16)2)21-28-29-22(33-21)23(3,25)12-15-8-6-5-7-9-15/h5-9,11,14,16H,4,10,12-13,25H2,1-3H3,(H2,26,27,30). The molecule has 4 N–H and O–H groups in total. The second-order valence-corrected chi connectivity index (χ2v) is 11.1. The Morgan fingerprint density at radius 3 is 2.62 bits per heavy atom. The van der Waals surface area contributed by atoms with Gasteiger partial charge in [0, 0.05) is 6.54 Å².